The summed E-state index contributed by atoms with van der Waals surface area (Å²) >= 11 is 4.71. The molecule has 2 amide bonds. The predicted octanol–water partition coefficient (Wildman–Crippen LogP) is 0.388. The molecular weight excluding hydrogens is 300 g/mol. The normalized spacial score (nSPS) is 9.70. The van der Waals surface area contributed by atoms with E-state index in [1.807, 2.05) is 0 Å². The summed E-state index contributed by atoms with van der Waals surface area (Å²) in [6, 6.07) is 1.69. The van der Waals surface area contributed by atoms with Gasteiger partial charge >= 0.3 is 0 Å². The zero-order valence-corrected chi connectivity index (χ0v) is 12.3. The van der Waals surface area contributed by atoms with Gasteiger partial charge in [-0.25, -0.2) is 4.98 Å². The topological polar surface area (TPSA) is 134 Å². The standard InChI is InChI=1S/C9H9N3O2S.C2H5NOS/c1-14-4-2-3-12-9-5(4)6(10)7(15-9)8(11)13;3-2(4)1-5/h2-3H,10H2,1H3,(H2,11,13);5H,1H2,(H2,3,4). The first-order valence-electron chi connectivity index (χ1n) is 5.32. The quantitative estimate of drug-likeness (QED) is 0.608. The molecule has 0 saturated carbocycles. The number of fused-ring (bicyclic) bond motifs is 1. The van der Waals surface area contributed by atoms with Crippen LogP contribution in [0.4, 0.5) is 5.69 Å². The molecule has 0 atom stereocenters. The molecule has 0 radical (unpaired) electrons. The second-order valence-electron chi connectivity index (χ2n) is 3.53. The molecule has 0 bridgehead atoms. The fourth-order valence-corrected chi connectivity index (χ4v) is 2.30. The van der Waals surface area contributed by atoms with E-state index in [0.29, 0.717) is 26.5 Å². The van der Waals surface area contributed by atoms with Crippen LogP contribution in [-0.4, -0.2) is 29.7 Å². The van der Waals surface area contributed by atoms with E-state index < -0.39 is 5.91 Å². The van der Waals surface area contributed by atoms with E-state index >= 15 is 0 Å². The number of aromatic nitrogens is 1. The fourth-order valence-electron chi connectivity index (χ4n) is 1.37. The van der Waals surface area contributed by atoms with Crippen molar-refractivity contribution in [1.29, 1.82) is 0 Å². The highest BCUT2D eigenvalue weighted by atomic mass is 32.1. The van der Waals surface area contributed by atoms with Crippen molar-refractivity contribution < 1.29 is 14.3 Å². The summed E-state index contributed by atoms with van der Waals surface area (Å²) in [5.41, 5.74) is 15.9. The molecule has 0 saturated heterocycles. The third-order valence-electron chi connectivity index (χ3n) is 2.19. The number of carbonyl (C=O) groups excluding carboxylic acids is 2. The number of rotatable bonds is 3. The van der Waals surface area contributed by atoms with Gasteiger partial charge in [-0.3, -0.25) is 9.59 Å². The van der Waals surface area contributed by atoms with Crippen LogP contribution in [0.15, 0.2) is 12.3 Å². The molecular formula is C11H14N4O3S2. The predicted molar refractivity (Wildman–Crippen MR) is 82.1 cm³/mol. The zero-order valence-electron chi connectivity index (χ0n) is 10.6. The van der Waals surface area contributed by atoms with Gasteiger partial charge in [-0.1, -0.05) is 0 Å². The van der Waals surface area contributed by atoms with Gasteiger partial charge in [0.25, 0.3) is 5.91 Å². The summed E-state index contributed by atoms with van der Waals surface area (Å²) in [4.78, 5) is 25.7. The van der Waals surface area contributed by atoms with Crippen LogP contribution in [0.25, 0.3) is 10.2 Å². The Morgan fingerprint density at radius 1 is 1.45 bits per heavy atom. The lowest BCUT2D eigenvalue weighted by molar-refractivity contribution is -0.115. The summed E-state index contributed by atoms with van der Waals surface area (Å²) in [5.74, 6) is -0.188. The van der Waals surface area contributed by atoms with Crippen LogP contribution < -0.4 is 21.9 Å². The molecule has 2 heterocycles. The monoisotopic (exact) mass is 314 g/mol. The van der Waals surface area contributed by atoms with Crippen LogP contribution in [0.1, 0.15) is 9.67 Å². The Hall–Kier alpha value is -2.00. The molecule has 7 nitrogen and oxygen atoms in total. The van der Waals surface area contributed by atoms with Gasteiger partial charge in [-0.2, -0.15) is 12.6 Å². The van der Waals surface area contributed by atoms with E-state index in [1.54, 1.807) is 12.3 Å². The molecule has 0 aliphatic heterocycles. The molecule has 20 heavy (non-hydrogen) atoms. The molecule has 108 valence electrons. The first kappa shape index (κ1) is 16.1. The van der Waals surface area contributed by atoms with Gasteiger partial charge in [0.1, 0.15) is 15.5 Å². The molecule has 6 N–H and O–H groups in total. The van der Waals surface area contributed by atoms with Gasteiger partial charge in [-0.05, 0) is 6.07 Å². The van der Waals surface area contributed by atoms with E-state index in [2.05, 4.69) is 23.3 Å². The van der Waals surface area contributed by atoms with E-state index in [4.69, 9.17) is 16.2 Å². The lowest BCUT2D eigenvalue weighted by atomic mass is 10.2. The average Bonchev–Trinajstić information content (AvgIpc) is 2.77. The Bertz CT molecular complexity index is 642. The Morgan fingerprint density at radius 2 is 2.05 bits per heavy atom. The molecule has 2 rings (SSSR count). The maximum absolute atomic E-state index is 11.1. The number of carbonyl (C=O) groups is 2. The molecule has 2 aromatic rings. The highest BCUT2D eigenvalue weighted by Crippen LogP contribution is 2.37. The van der Waals surface area contributed by atoms with Gasteiger partial charge in [0.15, 0.2) is 0 Å². The van der Waals surface area contributed by atoms with Gasteiger partial charge in [0.2, 0.25) is 5.91 Å². The van der Waals surface area contributed by atoms with Gasteiger partial charge < -0.3 is 21.9 Å². The van der Waals surface area contributed by atoms with Crippen molar-refractivity contribution in [1.82, 2.24) is 4.98 Å². The average molecular weight is 314 g/mol. The number of methoxy groups -OCH3 is 1. The largest absolute Gasteiger partial charge is 0.496 e. The number of anilines is 1. The van der Waals surface area contributed by atoms with Crippen molar-refractivity contribution in [2.24, 2.45) is 11.5 Å². The molecule has 0 fully saturated rings. The first-order valence-corrected chi connectivity index (χ1v) is 6.77. The number of nitrogen functional groups attached to an aromatic ring is 1. The minimum absolute atomic E-state index is 0.139. The number of nitrogens with two attached hydrogens (primary N) is 3. The Morgan fingerprint density at radius 3 is 2.50 bits per heavy atom. The molecule has 0 aliphatic carbocycles. The van der Waals surface area contributed by atoms with Crippen LogP contribution in [0.3, 0.4) is 0 Å². The van der Waals surface area contributed by atoms with Crippen LogP contribution in [0.2, 0.25) is 0 Å². The summed E-state index contributed by atoms with van der Waals surface area (Å²) in [6.07, 6.45) is 1.60. The highest BCUT2D eigenvalue weighted by Gasteiger charge is 2.17. The number of ether oxygens (including phenoxy) is 1. The number of amides is 2. The number of hydrogen-bond acceptors (Lipinski definition) is 7. The minimum atomic E-state index is -0.544. The summed E-state index contributed by atoms with van der Waals surface area (Å²) in [5, 5.41) is 0.652. The Kier molecular flexibility index (Phi) is 5.59. The Labute approximate surface area is 124 Å². The van der Waals surface area contributed by atoms with Crippen molar-refractivity contribution in [3.8, 4) is 5.75 Å². The second-order valence-corrected chi connectivity index (χ2v) is 4.84. The fraction of sp³-hybridized carbons (Fsp3) is 0.182. The number of nitrogens with zero attached hydrogens (tertiary/aromatic N) is 1. The third kappa shape index (κ3) is 3.52. The highest BCUT2D eigenvalue weighted by molar-refractivity contribution is 7.81. The van der Waals surface area contributed by atoms with E-state index in [0.717, 1.165) is 0 Å². The number of hydrogen-bond donors (Lipinski definition) is 4. The molecule has 2 aromatic heterocycles. The van der Waals surface area contributed by atoms with Gasteiger partial charge in [0, 0.05) is 6.20 Å². The summed E-state index contributed by atoms with van der Waals surface area (Å²) in [7, 11) is 1.54. The van der Waals surface area contributed by atoms with Crippen LogP contribution >= 0.6 is 24.0 Å². The van der Waals surface area contributed by atoms with E-state index in [-0.39, 0.29) is 11.7 Å². The maximum Gasteiger partial charge on any atom is 0.260 e. The molecule has 0 unspecified atom stereocenters. The number of thiol groups is 1. The van der Waals surface area contributed by atoms with Gasteiger partial charge in [0.05, 0.1) is 23.9 Å². The van der Waals surface area contributed by atoms with Crippen molar-refractivity contribution in [2.75, 3.05) is 18.6 Å². The summed E-state index contributed by atoms with van der Waals surface area (Å²) < 4.78 is 5.14. The zero-order chi connectivity index (χ0) is 15.3. The van der Waals surface area contributed by atoms with Crippen molar-refractivity contribution in [3.05, 3.63) is 17.1 Å². The van der Waals surface area contributed by atoms with E-state index in [1.165, 1.54) is 18.4 Å². The number of thiophene rings is 1. The lowest BCUT2D eigenvalue weighted by Gasteiger charge is -2.01. The molecule has 0 aliphatic rings. The van der Waals surface area contributed by atoms with Crippen molar-refractivity contribution in [2.45, 2.75) is 0 Å². The van der Waals surface area contributed by atoms with Crippen molar-refractivity contribution >= 4 is 51.7 Å². The first-order chi connectivity index (χ1) is 9.42. The maximum atomic E-state index is 11.1. The molecule has 0 aromatic carbocycles. The molecule has 0 spiro atoms. The number of primary amides is 2. The lowest BCUT2D eigenvalue weighted by Crippen LogP contribution is -2.10. The van der Waals surface area contributed by atoms with Crippen molar-refractivity contribution in [3.63, 3.8) is 0 Å². The van der Waals surface area contributed by atoms with Crippen LogP contribution in [-0.2, 0) is 4.79 Å². The van der Waals surface area contributed by atoms with Gasteiger partial charge in [-0.15, -0.1) is 11.3 Å². The Balaban J connectivity index is 0.000000347. The second kappa shape index (κ2) is 6.96. The smallest absolute Gasteiger partial charge is 0.260 e. The summed E-state index contributed by atoms with van der Waals surface area (Å²) in [6.45, 7) is 0. The number of pyridine rings is 1. The molecule has 9 heteroatoms. The van der Waals surface area contributed by atoms with E-state index in [9.17, 15) is 9.59 Å². The SMILES string of the molecule is COc1ccnc2sc(C(N)=O)c(N)c12.NC(=O)CS. The van der Waals surface area contributed by atoms with Crippen LogP contribution in [0, 0.1) is 0 Å². The minimum Gasteiger partial charge on any atom is -0.496 e. The van der Waals surface area contributed by atoms with Crippen LogP contribution in [0.5, 0.6) is 5.75 Å². The third-order valence-corrected chi connectivity index (χ3v) is 3.63.